The highest BCUT2D eigenvalue weighted by Crippen LogP contribution is 2.65. The highest BCUT2D eigenvalue weighted by atomic mass is 16.5. The zero-order valence-corrected chi connectivity index (χ0v) is 16.3. The summed E-state index contributed by atoms with van der Waals surface area (Å²) < 4.78 is 6.38. The van der Waals surface area contributed by atoms with Gasteiger partial charge in [0.25, 0.3) is 0 Å². The predicted molar refractivity (Wildman–Crippen MR) is 100 cm³/mol. The SMILES string of the molecule is C=CCOC1CC2N(C)C(=O)CC[C@]2(C)[C@@H]2CC[C@]3(C)CCC[C@H]3[C@H]12. The molecule has 4 aliphatic rings. The minimum atomic E-state index is 0.269. The normalized spacial score (nSPS) is 49.3. The highest BCUT2D eigenvalue weighted by molar-refractivity contribution is 5.77. The van der Waals surface area contributed by atoms with Gasteiger partial charge in [-0.2, -0.15) is 0 Å². The molecule has 25 heavy (non-hydrogen) atoms. The summed E-state index contributed by atoms with van der Waals surface area (Å²) in [6.07, 6.45) is 11.8. The summed E-state index contributed by atoms with van der Waals surface area (Å²) in [7, 11) is 2.03. The number of carbonyl (C=O) groups excluding carboxylic acids is 1. The van der Waals surface area contributed by atoms with Crippen LogP contribution in [0.5, 0.6) is 0 Å². The van der Waals surface area contributed by atoms with Gasteiger partial charge in [0.1, 0.15) is 0 Å². The summed E-state index contributed by atoms with van der Waals surface area (Å²) >= 11 is 0. The molecule has 0 spiro atoms. The Kier molecular flexibility index (Phi) is 4.30. The van der Waals surface area contributed by atoms with Crippen molar-refractivity contribution in [3.63, 3.8) is 0 Å². The first-order valence-electron chi connectivity index (χ1n) is 10.4. The molecule has 0 N–H and O–H groups in total. The standard InChI is InChI=1S/C22H35NO2/c1-5-13-25-17-14-18-22(3,12-9-19(24)23(18)4)16-8-11-21(2)10-6-7-15(21)20(16)17/h5,15-18,20H,1,6-14H2,2-4H3/t15-,16+,17?,18?,20-,21-,22+/m0/s1. The van der Waals surface area contributed by atoms with Gasteiger partial charge in [0.05, 0.1) is 12.7 Å². The third-order valence-corrected chi connectivity index (χ3v) is 8.77. The number of hydrogen-bond donors (Lipinski definition) is 0. The first kappa shape index (κ1) is 17.6. The molecule has 0 aromatic carbocycles. The van der Waals surface area contributed by atoms with Gasteiger partial charge in [-0.3, -0.25) is 4.79 Å². The smallest absolute Gasteiger partial charge is 0.222 e. The summed E-state index contributed by atoms with van der Waals surface area (Å²) in [6, 6.07) is 0.343. The second-order valence-corrected chi connectivity index (χ2v) is 9.80. The van der Waals surface area contributed by atoms with Crippen molar-refractivity contribution in [2.75, 3.05) is 13.7 Å². The number of rotatable bonds is 3. The van der Waals surface area contributed by atoms with Crippen LogP contribution in [0.4, 0.5) is 0 Å². The van der Waals surface area contributed by atoms with Crippen LogP contribution in [0.1, 0.15) is 65.2 Å². The van der Waals surface area contributed by atoms with Crippen molar-refractivity contribution in [3.8, 4) is 0 Å². The van der Waals surface area contributed by atoms with Gasteiger partial charge in [-0.05, 0) is 67.1 Å². The van der Waals surface area contributed by atoms with Crippen molar-refractivity contribution >= 4 is 5.91 Å². The van der Waals surface area contributed by atoms with Gasteiger partial charge in [-0.1, -0.05) is 26.3 Å². The first-order chi connectivity index (χ1) is 11.9. The Balaban J connectivity index is 1.70. The lowest BCUT2D eigenvalue weighted by molar-refractivity contribution is -0.185. The van der Waals surface area contributed by atoms with Crippen LogP contribution in [-0.4, -0.2) is 36.6 Å². The fourth-order valence-corrected chi connectivity index (χ4v) is 7.42. The molecule has 4 rings (SSSR count). The largest absolute Gasteiger partial charge is 0.374 e. The molecule has 1 heterocycles. The summed E-state index contributed by atoms with van der Waals surface area (Å²) in [6.45, 7) is 9.52. The van der Waals surface area contributed by atoms with Crippen molar-refractivity contribution in [2.45, 2.75) is 77.4 Å². The van der Waals surface area contributed by atoms with E-state index in [1.807, 2.05) is 13.1 Å². The van der Waals surface area contributed by atoms with Crippen molar-refractivity contribution < 1.29 is 9.53 Å². The predicted octanol–water partition coefficient (Wildman–Crippen LogP) is 4.42. The highest BCUT2D eigenvalue weighted by Gasteiger charge is 2.62. The molecule has 140 valence electrons. The Morgan fingerprint density at radius 3 is 2.80 bits per heavy atom. The monoisotopic (exact) mass is 345 g/mol. The Hall–Kier alpha value is -0.830. The van der Waals surface area contributed by atoms with Gasteiger partial charge in [0.15, 0.2) is 0 Å². The van der Waals surface area contributed by atoms with E-state index in [0.717, 1.165) is 25.2 Å². The molecule has 2 unspecified atom stereocenters. The zero-order valence-electron chi connectivity index (χ0n) is 16.3. The van der Waals surface area contributed by atoms with Crippen LogP contribution in [-0.2, 0) is 9.53 Å². The van der Waals surface area contributed by atoms with E-state index in [1.165, 1.54) is 32.1 Å². The molecule has 3 aliphatic carbocycles. The molecule has 0 bridgehead atoms. The van der Waals surface area contributed by atoms with E-state index < -0.39 is 0 Å². The maximum Gasteiger partial charge on any atom is 0.222 e. The van der Waals surface area contributed by atoms with E-state index in [4.69, 9.17) is 4.74 Å². The molecule has 0 aromatic heterocycles. The van der Waals surface area contributed by atoms with Crippen LogP contribution < -0.4 is 0 Å². The number of amides is 1. The van der Waals surface area contributed by atoms with E-state index in [9.17, 15) is 4.79 Å². The Bertz CT molecular complexity index is 560. The van der Waals surface area contributed by atoms with Gasteiger partial charge < -0.3 is 9.64 Å². The molecule has 7 atom stereocenters. The molecular formula is C22H35NO2. The number of piperidine rings is 1. The van der Waals surface area contributed by atoms with Crippen LogP contribution >= 0.6 is 0 Å². The van der Waals surface area contributed by atoms with Gasteiger partial charge >= 0.3 is 0 Å². The first-order valence-corrected chi connectivity index (χ1v) is 10.4. The third-order valence-electron chi connectivity index (χ3n) is 8.77. The second kappa shape index (κ2) is 6.11. The molecule has 0 aromatic rings. The molecule has 3 saturated carbocycles. The number of ether oxygens (including phenoxy) is 1. The lowest BCUT2D eigenvalue weighted by atomic mass is 9.47. The van der Waals surface area contributed by atoms with E-state index in [-0.39, 0.29) is 11.5 Å². The van der Waals surface area contributed by atoms with Gasteiger partial charge in [-0.25, -0.2) is 0 Å². The minimum absolute atomic E-state index is 0.269. The number of nitrogens with zero attached hydrogens (tertiary/aromatic N) is 1. The van der Waals surface area contributed by atoms with Crippen molar-refractivity contribution in [1.29, 1.82) is 0 Å². The molecule has 1 saturated heterocycles. The lowest BCUT2D eigenvalue weighted by Crippen LogP contribution is -2.64. The number of fused-ring (bicyclic) bond motifs is 5. The average Bonchev–Trinajstić information content (AvgIpc) is 2.99. The molecule has 1 amide bonds. The summed E-state index contributed by atoms with van der Waals surface area (Å²) in [5.74, 6) is 2.50. The lowest BCUT2D eigenvalue weighted by Gasteiger charge is -2.63. The molecule has 3 heteroatoms. The molecule has 4 fully saturated rings. The zero-order chi connectivity index (χ0) is 17.8. The fourth-order valence-electron chi connectivity index (χ4n) is 7.42. The van der Waals surface area contributed by atoms with Crippen LogP contribution in [0.3, 0.4) is 0 Å². The maximum atomic E-state index is 12.4. The van der Waals surface area contributed by atoms with Crippen molar-refractivity contribution in [2.24, 2.45) is 28.6 Å². The van der Waals surface area contributed by atoms with E-state index in [0.29, 0.717) is 35.8 Å². The number of hydrogen-bond acceptors (Lipinski definition) is 2. The molecular weight excluding hydrogens is 310 g/mol. The molecule has 0 radical (unpaired) electrons. The van der Waals surface area contributed by atoms with E-state index in [1.54, 1.807) is 0 Å². The third kappa shape index (κ3) is 2.52. The van der Waals surface area contributed by atoms with Gasteiger partial charge in [-0.15, -0.1) is 6.58 Å². The molecule has 3 nitrogen and oxygen atoms in total. The van der Waals surface area contributed by atoms with E-state index >= 15 is 0 Å². The van der Waals surface area contributed by atoms with Crippen LogP contribution in [0.2, 0.25) is 0 Å². The Labute approximate surface area is 153 Å². The maximum absolute atomic E-state index is 12.4. The summed E-state index contributed by atoms with van der Waals surface area (Å²) in [4.78, 5) is 14.4. The summed E-state index contributed by atoms with van der Waals surface area (Å²) in [5.41, 5.74) is 0.793. The quantitative estimate of drug-likeness (QED) is 0.709. The number of carbonyl (C=O) groups is 1. The van der Waals surface area contributed by atoms with Crippen molar-refractivity contribution in [1.82, 2.24) is 4.90 Å². The Morgan fingerprint density at radius 2 is 2.04 bits per heavy atom. The second-order valence-electron chi connectivity index (χ2n) is 9.80. The van der Waals surface area contributed by atoms with Crippen LogP contribution in [0.25, 0.3) is 0 Å². The molecule has 1 aliphatic heterocycles. The van der Waals surface area contributed by atoms with Crippen LogP contribution in [0.15, 0.2) is 12.7 Å². The Morgan fingerprint density at radius 1 is 1.24 bits per heavy atom. The van der Waals surface area contributed by atoms with Gasteiger partial charge in [0.2, 0.25) is 5.91 Å². The minimum Gasteiger partial charge on any atom is -0.374 e. The van der Waals surface area contributed by atoms with Crippen LogP contribution in [0, 0.1) is 28.6 Å². The topological polar surface area (TPSA) is 29.5 Å². The van der Waals surface area contributed by atoms with Crippen molar-refractivity contribution in [3.05, 3.63) is 12.7 Å². The van der Waals surface area contributed by atoms with Gasteiger partial charge in [0, 0.05) is 19.5 Å². The summed E-state index contributed by atoms with van der Waals surface area (Å²) in [5, 5.41) is 0. The fraction of sp³-hybridized carbons (Fsp3) is 0.864. The van der Waals surface area contributed by atoms with E-state index in [2.05, 4.69) is 25.3 Å². The number of likely N-dealkylation sites (tertiary alicyclic amines) is 1. The average molecular weight is 346 g/mol.